The summed E-state index contributed by atoms with van der Waals surface area (Å²) in [4.78, 5) is 13.8. The van der Waals surface area contributed by atoms with Crippen LogP contribution in [-0.2, 0) is 11.2 Å². The van der Waals surface area contributed by atoms with Gasteiger partial charge in [-0.1, -0.05) is 28.1 Å². The highest BCUT2D eigenvalue weighted by molar-refractivity contribution is 9.10. The van der Waals surface area contributed by atoms with Gasteiger partial charge in [-0.25, -0.2) is 0 Å². The number of hydrogen-bond donors (Lipinski definition) is 1. The van der Waals surface area contributed by atoms with Gasteiger partial charge in [0.1, 0.15) is 0 Å². The van der Waals surface area contributed by atoms with Gasteiger partial charge in [0.25, 0.3) is 0 Å². The summed E-state index contributed by atoms with van der Waals surface area (Å²) in [5.41, 5.74) is 6.99. The zero-order valence-electron chi connectivity index (χ0n) is 9.73. The number of hydrogen-bond acceptors (Lipinski definition) is 2. The van der Waals surface area contributed by atoms with Gasteiger partial charge in [0.05, 0.1) is 0 Å². The number of carbonyl (C=O) groups excluding carboxylic acids is 1. The first-order valence-corrected chi connectivity index (χ1v) is 6.72. The van der Waals surface area contributed by atoms with Crippen LogP contribution >= 0.6 is 15.9 Å². The number of likely N-dealkylation sites (tertiary alicyclic amines) is 1. The van der Waals surface area contributed by atoms with Crippen LogP contribution in [0.15, 0.2) is 28.7 Å². The molecule has 0 aromatic heterocycles. The number of benzene rings is 1. The molecule has 4 heteroatoms. The molecule has 92 valence electrons. The van der Waals surface area contributed by atoms with Crippen LogP contribution in [0.4, 0.5) is 0 Å². The van der Waals surface area contributed by atoms with Crippen molar-refractivity contribution in [2.45, 2.75) is 25.3 Å². The van der Waals surface area contributed by atoms with Gasteiger partial charge in [-0.15, -0.1) is 0 Å². The predicted octanol–water partition coefficient (Wildman–Crippen LogP) is 1.94. The SMILES string of the molecule is N[C@H]1CCN(C(=O)CCc2ccc(Br)cc2)C1. The molecule has 1 saturated heterocycles. The number of amides is 1. The summed E-state index contributed by atoms with van der Waals surface area (Å²) < 4.78 is 1.07. The van der Waals surface area contributed by atoms with E-state index in [0.29, 0.717) is 6.42 Å². The first-order valence-electron chi connectivity index (χ1n) is 5.93. The molecule has 0 bridgehead atoms. The highest BCUT2D eigenvalue weighted by Gasteiger charge is 2.22. The standard InChI is InChI=1S/C13H17BrN2O/c14-11-4-1-10(2-5-11)3-6-13(17)16-8-7-12(15)9-16/h1-2,4-5,12H,3,6-9,15H2/t12-/m0/s1. The van der Waals surface area contributed by atoms with Crippen LogP contribution in [0.3, 0.4) is 0 Å². The van der Waals surface area contributed by atoms with E-state index < -0.39 is 0 Å². The lowest BCUT2D eigenvalue weighted by molar-refractivity contribution is -0.130. The molecule has 2 N–H and O–H groups in total. The molecule has 0 aliphatic carbocycles. The van der Waals surface area contributed by atoms with Crippen molar-refractivity contribution in [2.24, 2.45) is 5.73 Å². The summed E-state index contributed by atoms with van der Waals surface area (Å²) in [5.74, 6) is 0.223. The molecule has 2 rings (SSSR count). The summed E-state index contributed by atoms with van der Waals surface area (Å²) in [6, 6.07) is 8.28. The second-order valence-corrected chi connectivity index (χ2v) is 5.43. The van der Waals surface area contributed by atoms with E-state index in [1.54, 1.807) is 0 Å². The van der Waals surface area contributed by atoms with Crippen molar-refractivity contribution in [2.75, 3.05) is 13.1 Å². The number of carbonyl (C=O) groups is 1. The summed E-state index contributed by atoms with van der Waals surface area (Å²) in [7, 11) is 0. The molecule has 1 aromatic carbocycles. The number of halogens is 1. The summed E-state index contributed by atoms with van der Waals surface area (Å²) in [6.07, 6.45) is 2.32. The van der Waals surface area contributed by atoms with E-state index in [-0.39, 0.29) is 11.9 Å². The summed E-state index contributed by atoms with van der Waals surface area (Å²) in [5, 5.41) is 0. The van der Waals surface area contributed by atoms with Crippen LogP contribution < -0.4 is 5.73 Å². The largest absolute Gasteiger partial charge is 0.341 e. The Morgan fingerprint density at radius 1 is 1.41 bits per heavy atom. The predicted molar refractivity (Wildman–Crippen MR) is 71.6 cm³/mol. The van der Waals surface area contributed by atoms with Gasteiger partial charge in [-0.3, -0.25) is 4.79 Å². The molecule has 1 amide bonds. The number of nitrogens with zero attached hydrogens (tertiary/aromatic N) is 1. The zero-order chi connectivity index (χ0) is 12.3. The van der Waals surface area contributed by atoms with Gasteiger partial charge in [-0.2, -0.15) is 0 Å². The van der Waals surface area contributed by atoms with Crippen LogP contribution in [0.25, 0.3) is 0 Å². The molecular weight excluding hydrogens is 280 g/mol. The molecule has 0 spiro atoms. The van der Waals surface area contributed by atoms with Crippen molar-refractivity contribution in [3.05, 3.63) is 34.3 Å². The Balaban J connectivity index is 1.82. The fourth-order valence-electron chi connectivity index (χ4n) is 2.07. The lowest BCUT2D eigenvalue weighted by Gasteiger charge is -2.15. The molecule has 3 nitrogen and oxygen atoms in total. The van der Waals surface area contributed by atoms with Gasteiger partial charge >= 0.3 is 0 Å². The first-order chi connectivity index (χ1) is 8.15. The fourth-order valence-corrected chi connectivity index (χ4v) is 2.34. The maximum absolute atomic E-state index is 11.9. The Morgan fingerprint density at radius 3 is 2.71 bits per heavy atom. The molecule has 1 aromatic rings. The smallest absolute Gasteiger partial charge is 0.222 e. The van der Waals surface area contributed by atoms with Crippen LogP contribution in [0.2, 0.25) is 0 Å². The van der Waals surface area contributed by atoms with Gasteiger partial charge in [0, 0.05) is 30.0 Å². The molecular formula is C13H17BrN2O. The fraction of sp³-hybridized carbons (Fsp3) is 0.462. The Hall–Kier alpha value is -0.870. The Morgan fingerprint density at radius 2 is 2.12 bits per heavy atom. The molecule has 1 heterocycles. The van der Waals surface area contributed by atoms with E-state index in [1.165, 1.54) is 5.56 Å². The van der Waals surface area contributed by atoms with Crippen LogP contribution in [0, 0.1) is 0 Å². The lowest BCUT2D eigenvalue weighted by atomic mass is 10.1. The summed E-state index contributed by atoms with van der Waals surface area (Å²) in [6.45, 7) is 1.54. The third-order valence-corrected chi connectivity index (χ3v) is 3.65. The Bertz CT molecular complexity index is 391. The minimum absolute atomic E-state index is 0.173. The van der Waals surface area contributed by atoms with Crippen LogP contribution in [-0.4, -0.2) is 29.9 Å². The van der Waals surface area contributed by atoms with Crippen LogP contribution in [0.5, 0.6) is 0 Å². The second kappa shape index (κ2) is 5.65. The minimum atomic E-state index is 0.173. The first kappa shape index (κ1) is 12.6. The number of rotatable bonds is 3. The van der Waals surface area contributed by atoms with E-state index in [2.05, 4.69) is 15.9 Å². The topological polar surface area (TPSA) is 46.3 Å². The quantitative estimate of drug-likeness (QED) is 0.927. The summed E-state index contributed by atoms with van der Waals surface area (Å²) >= 11 is 3.40. The van der Waals surface area contributed by atoms with Gasteiger partial charge in [0.2, 0.25) is 5.91 Å². The molecule has 0 unspecified atom stereocenters. The third-order valence-electron chi connectivity index (χ3n) is 3.12. The van der Waals surface area contributed by atoms with E-state index in [4.69, 9.17) is 5.73 Å². The van der Waals surface area contributed by atoms with Crippen molar-refractivity contribution >= 4 is 21.8 Å². The molecule has 0 radical (unpaired) electrons. The van der Waals surface area contributed by atoms with Crippen molar-refractivity contribution in [1.82, 2.24) is 4.90 Å². The highest BCUT2D eigenvalue weighted by Crippen LogP contribution is 2.14. The minimum Gasteiger partial charge on any atom is -0.341 e. The average Bonchev–Trinajstić information content (AvgIpc) is 2.75. The second-order valence-electron chi connectivity index (χ2n) is 4.51. The van der Waals surface area contributed by atoms with E-state index >= 15 is 0 Å². The van der Waals surface area contributed by atoms with Crippen molar-refractivity contribution < 1.29 is 4.79 Å². The zero-order valence-corrected chi connectivity index (χ0v) is 11.3. The monoisotopic (exact) mass is 296 g/mol. The molecule has 1 aliphatic rings. The third kappa shape index (κ3) is 3.54. The maximum Gasteiger partial charge on any atom is 0.222 e. The normalized spacial score (nSPS) is 19.6. The molecule has 17 heavy (non-hydrogen) atoms. The average molecular weight is 297 g/mol. The molecule has 1 atom stereocenters. The molecule has 1 fully saturated rings. The Kier molecular flexibility index (Phi) is 4.18. The van der Waals surface area contributed by atoms with Crippen LogP contribution in [0.1, 0.15) is 18.4 Å². The van der Waals surface area contributed by atoms with Gasteiger partial charge in [-0.05, 0) is 30.5 Å². The van der Waals surface area contributed by atoms with Crippen molar-refractivity contribution in [3.63, 3.8) is 0 Å². The number of aryl methyl sites for hydroxylation is 1. The highest BCUT2D eigenvalue weighted by atomic mass is 79.9. The Labute approximate surface area is 110 Å². The maximum atomic E-state index is 11.9. The number of nitrogens with two attached hydrogens (primary N) is 1. The van der Waals surface area contributed by atoms with E-state index in [0.717, 1.165) is 30.4 Å². The lowest BCUT2D eigenvalue weighted by Crippen LogP contribution is -2.31. The molecule has 1 aliphatic heterocycles. The van der Waals surface area contributed by atoms with Gasteiger partial charge < -0.3 is 10.6 Å². The van der Waals surface area contributed by atoms with Crippen molar-refractivity contribution in [3.8, 4) is 0 Å². The molecule has 0 saturated carbocycles. The van der Waals surface area contributed by atoms with E-state index in [9.17, 15) is 4.79 Å². The van der Waals surface area contributed by atoms with Crippen molar-refractivity contribution in [1.29, 1.82) is 0 Å². The van der Waals surface area contributed by atoms with Gasteiger partial charge in [0.15, 0.2) is 0 Å². The van der Waals surface area contributed by atoms with E-state index in [1.807, 2.05) is 29.2 Å².